The first-order valence-electron chi connectivity index (χ1n) is 8.49. The second kappa shape index (κ2) is 5.48. The summed E-state index contributed by atoms with van der Waals surface area (Å²) in [5.41, 5.74) is 3.24. The first-order valence-corrected chi connectivity index (χ1v) is 8.49. The number of halogens is 1. The van der Waals surface area contributed by atoms with E-state index in [0.717, 1.165) is 11.1 Å². The third-order valence-electron chi connectivity index (χ3n) is 4.79. The zero-order valence-corrected chi connectivity index (χ0v) is 14.7. The molecule has 0 N–H and O–H groups in total. The smallest absolute Gasteiger partial charge is 0.199 e. The molecule has 0 spiro atoms. The number of rotatable bonds is 0. The number of nitrogens with zero attached hydrogens (tertiary/aromatic N) is 3. The number of aromatic nitrogens is 3. The molecule has 0 saturated heterocycles. The Hall–Kier alpha value is -3.54. The van der Waals surface area contributed by atoms with Crippen LogP contribution in [0.3, 0.4) is 0 Å². The molecule has 1 aliphatic heterocycles. The van der Waals surface area contributed by atoms with Crippen molar-refractivity contribution >= 4 is 16.8 Å². The van der Waals surface area contributed by atoms with Crippen molar-refractivity contribution in [3.63, 3.8) is 0 Å². The quantitative estimate of drug-likeness (QED) is 0.411. The van der Waals surface area contributed by atoms with Crippen molar-refractivity contribution in [2.24, 2.45) is 7.05 Å². The summed E-state index contributed by atoms with van der Waals surface area (Å²) in [4.78, 5) is 18.0. The average molecular weight is 359 g/mol. The Kier molecular flexibility index (Phi) is 3.18. The van der Waals surface area contributed by atoms with Crippen LogP contribution in [0.15, 0.2) is 48.5 Å². The predicted octanol–water partition coefficient (Wildman–Crippen LogP) is 4.42. The normalized spacial score (nSPS) is 12.6. The lowest BCUT2D eigenvalue weighted by atomic mass is 9.94. The number of pyridine rings is 1. The van der Waals surface area contributed by atoms with E-state index >= 15 is 0 Å². The Morgan fingerprint density at radius 2 is 1.78 bits per heavy atom. The molecule has 4 aromatic rings. The summed E-state index contributed by atoms with van der Waals surface area (Å²) in [6.07, 6.45) is 0. The van der Waals surface area contributed by atoms with Gasteiger partial charge in [-0.05, 0) is 43.3 Å². The molecule has 0 amide bonds. The number of benzene rings is 2. The fourth-order valence-electron chi connectivity index (χ4n) is 3.50. The summed E-state index contributed by atoms with van der Waals surface area (Å²) in [6.45, 7) is 1.87. The summed E-state index contributed by atoms with van der Waals surface area (Å²) < 4.78 is 21.5. The summed E-state index contributed by atoms with van der Waals surface area (Å²) in [6, 6.07) is 13.1. The van der Waals surface area contributed by atoms with Crippen LogP contribution in [0.25, 0.3) is 22.3 Å². The minimum Gasteiger partial charge on any atom is -0.456 e. The van der Waals surface area contributed by atoms with Gasteiger partial charge in [0.2, 0.25) is 0 Å². The molecular formula is C21H14FN3O2. The van der Waals surface area contributed by atoms with Gasteiger partial charge in [-0.3, -0.25) is 9.48 Å². The molecule has 6 heteroatoms. The molecule has 0 unspecified atom stereocenters. The van der Waals surface area contributed by atoms with Gasteiger partial charge < -0.3 is 4.74 Å². The van der Waals surface area contributed by atoms with Crippen molar-refractivity contribution in [1.29, 1.82) is 0 Å². The van der Waals surface area contributed by atoms with Crippen LogP contribution >= 0.6 is 0 Å². The molecule has 0 atom stereocenters. The van der Waals surface area contributed by atoms with Crippen LogP contribution in [0, 0.1) is 12.7 Å². The number of carbonyl (C=O) groups excluding carboxylic acids is 1. The Balaban J connectivity index is 1.92. The predicted molar refractivity (Wildman–Crippen MR) is 98.6 cm³/mol. The van der Waals surface area contributed by atoms with E-state index in [2.05, 4.69) is 5.10 Å². The van der Waals surface area contributed by atoms with Gasteiger partial charge in [0.25, 0.3) is 0 Å². The third-order valence-corrected chi connectivity index (χ3v) is 4.79. The van der Waals surface area contributed by atoms with Gasteiger partial charge in [-0.1, -0.05) is 12.1 Å². The highest BCUT2D eigenvalue weighted by Crippen LogP contribution is 2.40. The highest BCUT2D eigenvalue weighted by molar-refractivity contribution is 6.16. The molecule has 0 saturated carbocycles. The van der Waals surface area contributed by atoms with Crippen LogP contribution in [-0.4, -0.2) is 20.5 Å². The van der Waals surface area contributed by atoms with Crippen LogP contribution < -0.4 is 4.74 Å². The number of hydrogen-bond acceptors (Lipinski definition) is 4. The van der Waals surface area contributed by atoms with Crippen molar-refractivity contribution in [3.05, 3.63) is 71.2 Å². The lowest BCUT2D eigenvalue weighted by Crippen LogP contribution is -2.11. The highest BCUT2D eigenvalue weighted by Gasteiger charge is 2.27. The monoisotopic (exact) mass is 359 g/mol. The number of hydrogen-bond donors (Lipinski definition) is 0. The van der Waals surface area contributed by atoms with Crippen molar-refractivity contribution in [3.8, 4) is 22.8 Å². The molecule has 5 rings (SSSR count). The van der Waals surface area contributed by atoms with E-state index in [1.54, 1.807) is 10.7 Å². The Morgan fingerprint density at radius 1 is 1.00 bits per heavy atom. The number of aryl methyl sites for hydroxylation is 2. The molecule has 2 aromatic heterocycles. The second-order valence-corrected chi connectivity index (χ2v) is 6.53. The van der Waals surface area contributed by atoms with Crippen molar-refractivity contribution in [2.75, 3.05) is 0 Å². The van der Waals surface area contributed by atoms with Crippen LogP contribution in [0.1, 0.15) is 21.6 Å². The number of ether oxygens (including phenoxy) is 1. The van der Waals surface area contributed by atoms with Gasteiger partial charge in [0.1, 0.15) is 17.3 Å². The molecule has 3 heterocycles. The van der Waals surface area contributed by atoms with Gasteiger partial charge in [0, 0.05) is 23.6 Å². The number of ketones is 1. The van der Waals surface area contributed by atoms with Crippen LogP contribution in [0.5, 0.6) is 11.5 Å². The summed E-state index contributed by atoms with van der Waals surface area (Å²) in [7, 11) is 1.81. The molecule has 2 aromatic carbocycles. The second-order valence-electron chi connectivity index (χ2n) is 6.53. The van der Waals surface area contributed by atoms with Gasteiger partial charge in [-0.15, -0.1) is 0 Å². The molecule has 132 valence electrons. The average Bonchev–Trinajstić information content (AvgIpc) is 2.94. The van der Waals surface area contributed by atoms with E-state index in [4.69, 9.17) is 9.72 Å². The largest absolute Gasteiger partial charge is 0.456 e. The van der Waals surface area contributed by atoms with Crippen molar-refractivity contribution in [1.82, 2.24) is 14.8 Å². The number of para-hydroxylation sites is 1. The molecular weight excluding hydrogens is 345 g/mol. The van der Waals surface area contributed by atoms with Crippen molar-refractivity contribution in [2.45, 2.75) is 6.92 Å². The first-order chi connectivity index (χ1) is 13.0. The maximum absolute atomic E-state index is 13.9. The van der Waals surface area contributed by atoms with Gasteiger partial charge in [-0.25, -0.2) is 9.37 Å². The minimum atomic E-state index is -0.493. The van der Waals surface area contributed by atoms with Crippen molar-refractivity contribution < 1.29 is 13.9 Å². The zero-order valence-electron chi connectivity index (χ0n) is 14.7. The number of fused-ring (bicyclic) bond motifs is 5. The molecule has 1 aliphatic rings. The Bertz CT molecular complexity index is 1260. The summed E-state index contributed by atoms with van der Waals surface area (Å²) in [5.74, 6) is 0.0618. The molecule has 5 nitrogen and oxygen atoms in total. The summed E-state index contributed by atoms with van der Waals surface area (Å²) >= 11 is 0. The van der Waals surface area contributed by atoms with Gasteiger partial charge in [0.05, 0.1) is 17.0 Å². The lowest BCUT2D eigenvalue weighted by molar-refractivity contribution is 0.103. The minimum absolute atomic E-state index is 0.174. The van der Waals surface area contributed by atoms with Gasteiger partial charge >= 0.3 is 0 Å². The van der Waals surface area contributed by atoms with Crippen LogP contribution in [0.2, 0.25) is 0 Å². The molecule has 0 bridgehead atoms. The van der Waals surface area contributed by atoms with E-state index in [-0.39, 0.29) is 11.3 Å². The van der Waals surface area contributed by atoms with E-state index < -0.39 is 5.82 Å². The molecule has 27 heavy (non-hydrogen) atoms. The summed E-state index contributed by atoms with van der Waals surface area (Å²) in [5, 5.41) is 5.19. The SMILES string of the molecule is Cc1nn(C)c2nc3c(cc12)C(=O)c1cc(F)ccc1Oc1ccccc1-3. The standard InChI is InChI=1S/C21H14FN3O2/c1-11-14-10-16-19(23-21(14)25(2)24-11)13-5-3-4-6-17(13)27-18-8-7-12(22)9-15(18)20(16)26/h3-10H,1-2H3. The van der Waals surface area contributed by atoms with Crippen LogP contribution in [-0.2, 0) is 7.05 Å². The van der Waals surface area contributed by atoms with Crippen LogP contribution in [0.4, 0.5) is 4.39 Å². The third kappa shape index (κ3) is 2.26. The molecule has 0 radical (unpaired) electrons. The molecule has 0 fully saturated rings. The zero-order chi connectivity index (χ0) is 18.7. The van der Waals surface area contributed by atoms with E-state index in [1.807, 2.05) is 38.2 Å². The fraction of sp³-hybridized carbons (Fsp3) is 0.0952. The Morgan fingerprint density at radius 3 is 2.63 bits per heavy atom. The highest BCUT2D eigenvalue weighted by atomic mass is 19.1. The fourth-order valence-corrected chi connectivity index (χ4v) is 3.50. The first kappa shape index (κ1) is 15.7. The molecule has 0 aliphatic carbocycles. The van der Waals surface area contributed by atoms with Gasteiger partial charge in [-0.2, -0.15) is 5.10 Å². The lowest BCUT2D eigenvalue weighted by Gasteiger charge is -2.19. The Labute approximate surface area is 154 Å². The van der Waals surface area contributed by atoms with E-state index in [9.17, 15) is 9.18 Å². The maximum atomic E-state index is 13.9. The maximum Gasteiger partial charge on any atom is 0.199 e. The van der Waals surface area contributed by atoms with E-state index in [1.165, 1.54) is 18.2 Å². The van der Waals surface area contributed by atoms with Gasteiger partial charge in [0.15, 0.2) is 11.4 Å². The topological polar surface area (TPSA) is 57.0 Å². The van der Waals surface area contributed by atoms with E-state index in [0.29, 0.717) is 34.0 Å². The number of carbonyl (C=O) groups is 1.